The topological polar surface area (TPSA) is 73.1 Å². The van der Waals surface area contributed by atoms with Crippen molar-refractivity contribution in [2.75, 3.05) is 18.5 Å². The Morgan fingerprint density at radius 2 is 2.18 bits per heavy atom. The molecule has 0 saturated carbocycles. The van der Waals surface area contributed by atoms with Crippen LogP contribution in [0.1, 0.15) is 33.1 Å². The Morgan fingerprint density at radius 1 is 1.35 bits per heavy atom. The second kappa shape index (κ2) is 7.84. The first-order chi connectivity index (χ1) is 8.30. The highest BCUT2D eigenvalue weighted by atomic mass is 16.5. The fraction of sp³-hybridized carbons (Fsp3) is 0.667. The van der Waals surface area contributed by atoms with Crippen molar-refractivity contribution in [2.24, 2.45) is 5.73 Å². The monoisotopic (exact) mass is 238 g/mol. The molecule has 1 atom stereocenters. The van der Waals surface area contributed by atoms with E-state index in [-0.39, 0.29) is 6.04 Å². The van der Waals surface area contributed by atoms with Gasteiger partial charge in [-0.1, -0.05) is 20.3 Å². The summed E-state index contributed by atoms with van der Waals surface area (Å²) in [5.41, 5.74) is 5.68. The number of nitrogens with two attached hydrogens (primary N) is 1. The van der Waals surface area contributed by atoms with Crippen molar-refractivity contribution in [1.29, 1.82) is 0 Å². The average Bonchev–Trinajstić information content (AvgIpc) is 2.36. The van der Waals surface area contributed by atoms with Gasteiger partial charge in [-0.05, 0) is 12.8 Å². The maximum absolute atomic E-state index is 5.68. The lowest BCUT2D eigenvalue weighted by Gasteiger charge is -2.16. The molecule has 1 aromatic rings. The van der Waals surface area contributed by atoms with Gasteiger partial charge in [0.05, 0.1) is 19.0 Å². The Balaban J connectivity index is 2.57. The molecule has 0 saturated heterocycles. The predicted octanol–water partition coefficient (Wildman–Crippen LogP) is 1.80. The summed E-state index contributed by atoms with van der Waals surface area (Å²) in [7, 11) is 0. The Labute approximate surface area is 103 Å². The first-order valence-corrected chi connectivity index (χ1v) is 6.21. The minimum atomic E-state index is 0.246. The first-order valence-electron chi connectivity index (χ1n) is 6.21. The van der Waals surface area contributed by atoms with Crippen LogP contribution in [-0.2, 0) is 0 Å². The zero-order chi connectivity index (χ0) is 12.5. The molecule has 0 aliphatic rings. The summed E-state index contributed by atoms with van der Waals surface area (Å²) in [6.07, 6.45) is 6.39. The van der Waals surface area contributed by atoms with Crippen LogP contribution in [0, 0.1) is 0 Å². The van der Waals surface area contributed by atoms with E-state index in [9.17, 15) is 0 Å². The van der Waals surface area contributed by atoms with Crippen LogP contribution in [0.25, 0.3) is 0 Å². The Bertz CT molecular complexity index is 319. The second-order valence-corrected chi connectivity index (χ2v) is 3.96. The van der Waals surface area contributed by atoms with Crippen molar-refractivity contribution >= 4 is 5.82 Å². The van der Waals surface area contributed by atoms with Gasteiger partial charge in [0.15, 0.2) is 0 Å². The third-order valence-electron chi connectivity index (χ3n) is 2.34. The minimum absolute atomic E-state index is 0.246. The molecule has 3 N–H and O–H groups in total. The number of aromatic nitrogens is 2. The Morgan fingerprint density at radius 3 is 2.82 bits per heavy atom. The van der Waals surface area contributed by atoms with Gasteiger partial charge in [-0.15, -0.1) is 0 Å². The highest BCUT2D eigenvalue weighted by Gasteiger charge is 2.07. The number of hydrogen-bond donors (Lipinski definition) is 2. The van der Waals surface area contributed by atoms with Gasteiger partial charge in [-0.2, -0.15) is 4.98 Å². The van der Waals surface area contributed by atoms with Crippen LogP contribution in [0.4, 0.5) is 5.82 Å². The number of anilines is 1. The molecule has 1 unspecified atom stereocenters. The quantitative estimate of drug-likeness (QED) is 0.722. The van der Waals surface area contributed by atoms with Gasteiger partial charge in [0, 0.05) is 12.6 Å². The molecular formula is C12H22N4O. The zero-order valence-electron chi connectivity index (χ0n) is 10.6. The number of hydrogen-bond acceptors (Lipinski definition) is 5. The van der Waals surface area contributed by atoms with Crippen molar-refractivity contribution in [3.63, 3.8) is 0 Å². The number of ether oxygens (including phenoxy) is 1. The fourth-order valence-electron chi connectivity index (χ4n) is 1.50. The minimum Gasteiger partial charge on any atom is -0.477 e. The third-order valence-corrected chi connectivity index (χ3v) is 2.34. The van der Waals surface area contributed by atoms with Crippen molar-refractivity contribution < 1.29 is 4.74 Å². The van der Waals surface area contributed by atoms with Crippen LogP contribution in [-0.4, -0.2) is 29.2 Å². The fourth-order valence-corrected chi connectivity index (χ4v) is 1.50. The molecule has 0 fully saturated rings. The molecule has 5 heteroatoms. The lowest BCUT2D eigenvalue weighted by molar-refractivity contribution is 0.304. The molecule has 0 aromatic carbocycles. The van der Waals surface area contributed by atoms with E-state index in [1.54, 1.807) is 12.4 Å². The molecule has 0 amide bonds. The summed E-state index contributed by atoms with van der Waals surface area (Å²) in [6.45, 7) is 5.45. The molecule has 0 spiro atoms. The van der Waals surface area contributed by atoms with E-state index in [1.807, 2.05) is 0 Å². The van der Waals surface area contributed by atoms with Gasteiger partial charge >= 0.3 is 0 Å². The molecule has 1 aromatic heterocycles. The van der Waals surface area contributed by atoms with Gasteiger partial charge < -0.3 is 15.8 Å². The van der Waals surface area contributed by atoms with Crippen molar-refractivity contribution in [2.45, 2.75) is 39.2 Å². The highest BCUT2D eigenvalue weighted by molar-refractivity contribution is 5.34. The van der Waals surface area contributed by atoms with Crippen LogP contribution in [0.3, 0.4) is 0 Å². The molecule has 96 valence electrons. The van der Waals surface area contributed by atoms with Gasteiger partial charge in [-0.3, -0.25) is 4.98 Å². The molecular weight excluding hydrogens is 216 g/mol. The molecule has 0 radical (unpaired) electrons. The third kappa shape index (κ3) is 4.99. The van der Waals surface area contributed by atoms with E-state index < -0.39 is 0 Å². The van der Waals surface area contributed by atoms with Crippen LogP contribution in [0.15, 0.2) is 12.4 Å². The molecule has 17 heavy (non-hydrogen) atoms. The van der Waals surface area contributed by atoms with Gasteiger partial charge in [0.1, 0.15) is 5.82 Å². The lowest BCUT2D eigenvalue weighted by atomic mass is 10.2. The Kier molecular flexibility index (Phi) is 6.32. The maximum Gasteiger partial charge on any atom is 0.234 e. The number of nitrogens with one attached hydrogen (secondary N) is 1. The van der Waals surface area contributed by atoms with E-state index in [0.717, 1.165) is 25.1 Å². The van der Waals surface area contributed by atoms with Crippen LogP contribution in [0.2, 0.25) is 0 Å². The average molecular weight is 238 g/mol. The lowest BCUT2D eigenvalue weighted by Crippen LogP contribution is -2.29. The molecule has 1 rings (SSSR count). The molecule has 1 heterocycles. The van der Waals surface area contributed by atoms with E-state index in [4.69, 9.17) is 10.5 Å². The smallest absolute Gasteiger partial charge is 0.234 e. The molecule has 5 nitrogen and oxygen atoms in total. The van der Waals surface area contributed by atoms with Crippen LogP contribution < -0.4 is 15.8 Å². The first kappa shape index (κ1) is 13.7. The SMILES string of the molecule is CCCOc1cncc(NC(CN)CCC)n1. The number of rotatable bonds is 8. The van der Waals surface area contributed by atoms with Gasteiger partial charge in [-0.25, -0.2) is 0 Å². The molecule has 0 bridgehead atoms. The summed E-state index contributed by atoms with van der Waals surface area (Å²) >= 11 is 0. The highest BCUT2D eigenvalue weighted by Crippen LogP contribution is 2.11. The summed E-state index contributed by atoms with van der Waals surface area (Å²) in [5, 5.41) is 3.27. The normalized spacial score (nSPS) is 12.2. The summed E-state index contributed by atoms with van der Waals surface area (Å²) < 4.78 is 5.43. The van der Waals surface area contributed by atoms with Crippen LogP contribution in [0.5, 0.6) is 5.88 Å². The van der Waals surface area contributed by atoms with Crippen molar-refractivity contribution in [1.82, 2.24) is 9.97 Å². The number of nitrogens with zero attached hydrogens (tertiary/aromatic N) is 2. The van der Waals surface area contributed by atoms with Crippen molar-refractivity contribution in [3.8, 4) is 5.88 Å². The van der Waals surface area contributed by atoms with E-state index in [1.165, 1.54) is 0 Å². The maximum atomic E-state index is 5.68. The van der Waals surface area contributed by atoms with E-state index in [2.05, 4.69) is 29.1 Å². The largest absolute Gasteiger partial charge is 0.477 e. The Hall–Kier alpha value is -1.36. The van der Waals surface area contributed by atoms with E-state index >= 15 is 0 Å². The van der Waals surface area contributed by atoms with Gasteiger partial charge in [0.25, 0.3) is 0 Å². The summed E-state index contributed by atoms with van der Waals surface area (Å²) in [5.74, 6) is 1.28. The molecule has 0 aliphatic carbocycles. The second-order valence-electron chi connectivity index (χ2n) is 3.96. The predicted molar refractivity (Wildman–Crippen MR) is 69.2 cm³/mol. The molecule has 0 aliphatic heterocycles. The van der Waals surface area contributed by atoms with Gasteiger partial charge in [0.2, 0.25) is 5.88 Å². The zero-order valence-corrected chi connectivity index (χ0v) is 10.6. The summed E-state index contributed by atoms with van der Waals surface area (Å²) in [4.78, 5) is 8.42. The standard InChI is InChI=1S/C12H22N4O/c1-3-5-10(7-13)15-11-8-14-9-12(16-11)17-6-4-2/h8-10H,3-7,13H2,1-2H3,(H,15,16). The van der Waals surface area contributed by atoms with Crippen LogP contribution >= 0.6 is 0 Å². The van der Waals surface area contributed by atoms with Crippen molar-refractivity contribution in [3.05, 3.63) is 12.4 Å². The summed E-state index contributed by atoms with van der Waals surface area (Å²) in [6, 6.07) is 0.246. The van der Waals surface area contributed by atoms with E-state index in [0.29, 0.717) is 19.0 Å².